The zero-order chi connectivity index (χ0) is 17.3. The van der Waals surface area contributed by atoms with Crippen LogP contribution >= 0.6 is 23.2 Å². The predicted octanol–water partition coefficient (Wildman–Crippen LogP) is 5.01. The fourth-order valence-corrected chi connectivity index (χ4v) is 2.68. The van der Waals surface area contributed by atoms with Crippen LogP contribution in [0.15, 0.2) is 40.8 Å². The largest absolute Gasteiger partial charge is 0.495 e. The molecule has 0 fully saturated rings. The topological polar surface area (TPSA) is 60.7 Å². The van der Waals surface area contributed by atoms with Crippen molar-refractivity contribution < 1.29 is 18.7 Å². The van der Waals surface area contributed by atoms with Crippen LogP contribution in [0.4, 0.5) is 5.69 Å². The molecule has 0 aliphatic heterocycles. The number of carbonyl (C=O) groups excluding carboxylic acids is 1. The molecule has 0 bridgehead atoms. The van der Waals surface area contributed by atoms with Gasteiger partial charge in [0.1, 0.15) is 17.1 Å². The van der Waals surface area contributed by atoms with Crippen LogP contribution in [0.25, 0.3) is 11.0 Å². The molecule has 1 N–H and O–H groups in total. The second-order valence-electron chi connectivity index (χ2n) is 4.93. The lowest BCUT2D eigenvalue weighted by molar-refractivity contribution is 0.0998. The number of amides is 1. The van der Waals surface area contributed by atoms with Gasteiger partial charge in [0, 0.05) is 22.5 Å². The van der Waals surface area contributed by atoms with E-state index in [9.17, 15) is 4.79 Å². The molecule has 3 rings (SSSR count). The maximum absolute atomic E-state index is 12.5. The first kappa shape index (κ1) is 16.5. The van der Waals surface area contributed by atoms with Gasteiger partial charge in [-0.1, -0.05) is 23.2 Å². The van der Waals surface area contributed by atoms with Crippen LogP contribution in [-0.2, 0) is 0 Å². The highest BCUT2D eigenvalue weighted by atomic mass is 35.5. The summed E-state index contributed by atoms with van der Waals surface area (Å²) in [6, 6.07) is 9.90. The van der Waals surface area contributed by atoms with Gasteiger partial charge in [-0.05, 0) is 24.3 Å². The van der Waals surface area contributed by atoms with E-state index in [0.717, 1.165) is 5.39 Å². The highest BCUT2D eigenvalue weighted by Crippen LogP contribution is 2.36. The van der Waals surface area contributed by atoms with Crippen molar-refractivity contribution in [2.75, 3.05) is 19.5 Å². The number of rotatable bonds is 4. The Kier molecular flexibility index (Phi) is 4.55. The number of methoxy groups -OCH3 is 2. The van der Waals surface area contributed by atoms with Gasteiger partial charge in [-0.2, -0.15) is 0 Å². The van der Waals surface area contributed by atoms with Crippen molar-refractivity contribution in [3.05, 3.63) is 52.2 Å². The maximum atomic E-state index is 12.5. The molecular weight excluding hydrogens is 353 g/mol. The van der Waals surface area contributed by atoms with Crippen LogP contribution in [0.3, 0.4) is 0 Å². The molecular formula is C17H13Cl2NO4. The summed E-state index contributed by atoms with van der Waals surface area (Å²) in [6.07, 6.45) is 0. The van der Waals surface area contributed by atoms with Crippen molar-refractivity contribution in [1.29, 1.82) is 0 Å². The third kappa shape index (κ3) is 3.13. The van der Waals surface area contributed by atoms with Gasteiger partial charge in [-0.3, -0.25) is 4.79 Å². The van der Waals surface area contributed by atoms with Gasteiger partial charge in [0.25, 0.3) is 5.91 Å². The van der Waals surface area contributed by atoms with E-state index in [0.29, 0.717) is 32.8 Å². The number of ether oxygens (including phenoxy) is 2. The van der Waals surface area contributed by atoms with E-state index in [1.165, 1.54) is 14.2 Å². The van der Waals surface area contributed by atoms with Gasteiger partial charge in [0.05, 0.1) is 24.9 Å². The van der Waals surface area contributed by atoms with E-state index in [-0.39, 0.29) is 5.76 Å². The van der Waals surface area contributed by atoms with E-state index in [4.69, 9.17) is 37.1 Å². The monoisotopic (exact) mass is 365 g/mol. The first-order chi connectivity index (χ1) is 11.5. The second-order valence-corrected chi connectivity index (χ2v) is 5.78. The number of nitrogens with one attached hydrogen (secondary N) is 1. The van der Waals surface area contributed by atoms with Gasteiger partial charge in [0.2, 0.25) is 0 Å². The standard InChI is InChI=1S/C17H13Cl2NO4/c1-22-14-8-12(15(23-2)7-11(14)19)20-17(21)16-6-9-5-10(18)3-4-13(9)24-16/h3-8H,1-2H3,(H,20,21). The number of anilines is 1. The molecule has 7 heteroatoms. The van der Waals surface area contributed by atoms with Crippen molar-refractivity contribution in [2.45, 2.75) is 0 Å². The minimum absolute atomic E-state index is 0.156. The molecule has 1 amide bonds. The summed E-state index contributed by atoms with van der Waals surface area (Å²) < 4.78 is 15.9. The molecule has 0 saturated heterocycles. The molecule has 24 heavy (non-hydrogen) atoms. The summed E-state index contributed by atoms with van der Waals surface area (Å²) in [6.45, 7) is 0. The summed E-state index contributed by atoms with van der Waals surface area (Å²) in [4.78, 5) is 12.5. The van der Waals surface area contributed by atoms with Gasteiger partial charge >= 0.3 is 0 Å². The minimum atomic E-state index is -0.426. The van der Waals surface area contributed by atoms with Crippen molar-refractivity contribution in [1.82, 2.24) is 0 Å². The first-order valence-electron chi connectivity index (χ1n) is 6.94. The molecule has 0 atom stereocenters. The number of furan rings is 1. The highest BCUT2D eigenvalue weighted by molar-refractivity contribution is 6.32. The summed E-state index contributed by atoms with van der Waals surface area (Å²) in [5, 5.41) is 4.42. The summed E-state index contributed by atoms with van der Waals surface area (Å²) in [5.74, 6) is 0.561. The van der Waals surface area contributed by atoms with Crippen molar-refractivity contribution in [3.63, 3.8) is 0 Å². The average molecular weight is 366 g/mol. The van der Waals surface area contributed by atoms with E-state index >= 15 is 0 Å². The number of carbonyl (C=O) groups is 1. The Hall–Kier alpha value is -2.37. The molecule has 5 nitrogen and oxygen atoms in total. The summed E-state index contributed by atoms with van der Waals surface area (Å²) >= 11 is 12.0. The van der Waals surface area contributed by atoms with Crippen molar-refractivity contribution in [3.8, 4) is 11.5 Å². The Balaban J connectivity index is 1.93. The zero-order valence-corrected chi connectivity index (χ0v) is 14.4. The van der Waals surface area contributed by atoms with Crippen LogP contribution in [0, 0.1) is 0 Å². The van der Waals surface area contributed by atoms with Crippen molar-refractivity contribution in [2.24, 2.45) is 0 Å². The van der Waals surface area contributed by atoms with Crippen LogP contribution in [0.5, 0.6) is 11.5 Å². The molecule has 2 aromatic carbocycles. The fraction of sp³-hybridized carbons (Fsp3) is 0.118. The fourth-order valence-electron chi connectivity index (χ4n) is 2.27. The molecule has 1 heterocycles. The van der Waals surface area contributed by atoms with E-state index in [2.05, 4.69) is 5.32 Å². The Bertz CT molecular complexity index is 920. The highest BCUT2D eigenvalue weighted by Gasteiger charge is 2.17. The second kappa shape index (κ2) is 6.63. The molecule has 0 spiro atoms. The Morgan fingerprint density at radius 2 is 1.79 bits per heavy atom. The maximum Gasteiger partial charge on any atom is 0.291 e. The third-order valence-electron chi connectivity index (χ3n) is 3.42. The van der Waals surface area contributed by atoms with Crippen LogP contribution in [-0.4, -0.2) is 20.1 Å². The van der Waals surface area contributed by atoms with Crippen LogP contribution in [0.2, 0.25) is 10.0 Å². The zero-order valence-electron chi connectivity index (χ0n) is 12.9. The quantitative estimate of drug-likeness (QED) is 0.705. The Morgan fingerprint density at radius 3 is 2.50 bits per heavy atom. The molecule has 124 valence electrons. The molecule has 1 aromatic heterocycles. The molecule has 0 radical (unpaired) electrons. The van der Waals surface area contributed by atoms with Gasteiger partial charge < -0.3 is 19.2 Å². The number of hydrogen-bond acceptors (Lipinski definition) is 4. The lowest BCUT2D eigenvalue weighted by Gasteiger charge is -2.12. The van der Waals surface area contributed by atoms with Crippen LogP contribution in [0.1, 0.15) is 10.6 Å². The van der Waals surface area contributed by atoms with Gasteiger partial charge in [-0.15, -0.1) is 0 Å². The van der Waals surface area contributed by atoms with Crippen molar-refractivity contribution >= 4 is 45.8 Å². The van der Waals surface area contributed by atoms with E-state index < -0.39 is 5.91 Å². The molecule has 0 aliphatic rings. The molecule has 3 aromatic rings. The first-order valence-corrected chi connectivity index (χ1v) is 7.69. The SMILES string of the molecule is COc1cc(NC(=O)c2cc3cc(Cl)ccc3o2)c(OC)cc1Cl. The summed E-state index contributed by atoms with van der Waals surface area (Å²) in [5.41, 5.74) is 0.993. The number of benzene rings is 2. The molecule has 0 saturated carbocycles. The predicted molar refractivity (Wildman–Crippen MR) is 93.7 cm³/mol. The Morgan fingerprint density at radius 1 is 1.04 bits per heavy atom. The number of hydrogen-bond donors (Lipinski definition) is 1. The van der Waals surface area contributed by atoms with Gasteiger partial charge in [0.15, 0.2) is 5.76 Å². The average Bonchev–Trinajstić information content (AvgIpc) is 2.99. The Labute approximate surface area is 148 Å². The molecule has 0 unspecified atom stereocenters. The van der Waals surface area contributed by atoms with E-state index in [1.54, 1.807) is 36.4 Å². The third-order valence-corrected chi connectivity index (χ3v) is 3.95. The van der Waals surface area contributed by atoms with Crippen LogP contribution < -0.4 is 14.8 Å². The number of fused-ring (bicyclic) bond motifs is 1. The van der Waals surface area contributed by atoms with Gasteiger partial charge in [-0.25, -0.2) is 0 Å². The number of halogens is 2. The molecule has 0 aliphatic carbocycles. The van der Waals surface area contributed by atoms with E-state index in [1.807, 2.05) is 0 Å². The smallest absolute Gasteiger partial charge is 0.291 e. The lowest BCUT2D eigenvalue weighted by Crippen LogP contribution is -2.12. The lowest BCUT2D eigenvalue weighted by atomic mass is 10.2. The summed E-state index contributed by atoms with van der Waals surface area (Å²) in [7, 11) is 2.97. The normalized spacial score (nSPS) is 10.7. The minimum Gasteiger partial charge on any atom is -0.495 e.